The summed E-state index contributed by atoms with van der Waals surface area (Å²) in [5, 5.41) is 11.6. The minimum atomic E-state index is -3.88. The van der Waals surface area contributed by atoms with Gasteiger partial charge in [-0.05, 0) is 49.2 Å². The Morgan fingerprint density at radius 1 is 1.19 bits per heavy atom. The Hall–Kier alpha value is -2.16. The Balaban J connectivity index is 2.16. The van der Waals surface area contributed by atoms with Crippen molar-refractivity contribution in [2.45, 2.75) is 18.7 Å². The number of sulfonamides is 1. The molecule has 0 heterocycles. The zero-order valence-electron chi connectivity index (χ0n) is 14.6. The quantitative estimate of drug-likeness (QED) is 0.525. The lowest BCUT2D eigenvalue weighted by Crippen LogP contribution is -2.31. The van der Waals surface area contributed by atoms with Crippen molar-refractivity contribution < 1.29 is 18.1 Å². The van der Waals surface area contributed by atoms with Gasteiger partial charge in [-0.25, -0.2) is 8.42 Å². The number of ether oxygens (including phenoxy) is 1. The standard InChI is InChI=1S/C17H19ClN2O5S/c1-12-10-15(20(21)22)11-17(13(12)2)26(23,24)19(3)8-9-25-16-6-4-14(18)5-7-16/h4-7,10-11H,8-9H2,1-3H3. The number of likely N-dealkylation sites (N-methyl/N-ethyl adjacent to an activating group) is 1. The largest absolute Gasteiger partial charge is 0.492 e. The van der Waals surface area contributed by atoms with Gasteiger partial charge in [0.15, 0.2) is 0 Å². The molecule has 2 rings (SSSR count). The molecule has 0 unspecified atom stereocenters. The average molecular weight is 399 g/mol. The zero-order valence-corrected chi connectivity index (χ0v) is 16.2. The predicted molar refractivity (Wildman–Crippen MR) is 99.3 cm³/mol. The van der Waals surface area contributed by atoms with Gasteiger partial charge in [0.2, 0.25) is 10.0 Å². The van der Waals surface area contributed by atoms with Crippen LogP contribution in [0.25, 0.3) is 0 Å². The van der Waals surface area contributed by atoms with Gasteiger partial charge in [0, 0.05) is 30.7 Å². The maximum atomic E-state index is 12.8. The van der Waals surface area contributed by atoms with Crippen LogP contribution >= 0.6 is 11.6 Å². The Bertz CT molecular complexity index is 913. The van der Waals surface area contributed by atoms with Crippen molar-refractivity contribution in [2.24, 2.45) is 0 Å². The molecule has 0 aromatic heterocycles. The van der Waals surface area contributed by atoms with Crippen LogP contribution in [0.2, 0.25) is 5.02 Å². The number of rotatable bonds is 7. The molecule has 0 aliphatic rings. The van der Waals surface area contributed by atoms with Gasteiger partial charge in [0.05, 0.1) is 9.82 Å². The van der Waals surface area contributed by atoms with Crippen LogP contribution in [0.5, 0.6) is 5.75 Å². The summed E-state index contributed by atoms with van der Waals surface area (Å²) >= 11 is 5.80. The van der Waals surface area contributed by atoms with Crippen LogP contribution in [-0.2, 0) is 10.0 Å². The van der Waals surface area contributed by atoms with E-state index < -0.39 is 14.9 Å². The molecule has 0 aliphatic heterocycles. The fraction of sp³-hybridized carbons (Fsp3) is 0.294. The van der Waals surface area contributed by atoms with Crippen molar-refractivity contribution in [3.8, 4) is 5.75 Å². The van der Waals surface area contributed by atoms with Crippen molar-refractivity contribution >= 4 is 27.3 Å². The molecule has 26 heavy (non-hydrogen) atoms. The zero-order chi connectivity index (χ0) is 19.5. The second kappa shape index (κ2) is 8.03. The lowest BCUT2D eigenvalue weighted by molar-refractivity contribution is -0.385. The summed E-state index contributed by atoms with van der Waals surface area (Å²) in [5.74, 6) is 0.572. The summed E-state index contributed by atoms with van der Waals surface area (Å²) < 4.78 is 32.2. The first-order valence-corrected chi connectivity index (χ1v) is 9.55. The van der Waals surface area contributed by atoms with Gasteiger partial charge >= 0.3 is 0 Å². The van der Waals surface area contributed by atoms with Gasteiger partial charge in [0.1, 0.15) is 12.4 Å². The Morgan fingerprint density at radius 2 is 1.81 bits per heavy atom. The first-order valence-electron chi connectivity index (χ1n) is 7.73. The van der Waals surface area contributed by atoms with Crippen LogP contribution in [0.4, 0.5) is 5.69 Å². The number of halogens is 1. The summed E-state index contributed by atoms with van der Waals surface area (Å²) in [4.78, 5) is 10.4. The van der Waals surface area contributed by atoms with Crippen LogP contribution < -0.4 is 4.74 Å². The van der Waals surface area contributed by atoms with E-state index in [1.807, 2.05) is 0 Å². The fourth-order valence-corrected chi connectivity index (χ4v) is 3.89. The first kappa shape index (κ1) is 20.2. The van der Waals surface area contributed by atoms with E-state index in [9.17, 15) is 18.5 Å². The summed E-state index contributed by atoms with van der Waals surface area (Å²) in [6.07, 6.45) is 0. The topological polar surface area (TPSA) is 89.8 Å². The minimum absolute atomic E-state index is 0.0711. The van der Waals surface area contributed by atoms with Crippen molar-refractivity contribution in [1.29, 1.82) is 0 Å². The third-order valence-electron chi connectivity index (χ3n) is 3.99. The molecule has 7 nitrogen and oxygen atoms in total. The molecule has 0 atom stereocenters. The molecule has 0 amide bonds. The highest BCUT2D eigenvalue weighted by Crippen LogP contribution is 2.27. The maximum absolute atomic E-state index is 12.8. The van der Waals surface area contributed by atoms with E-state index in [2.05, 4.69) is 0 Å². The molecule has 0 bridgehead atoms. The Morgan fingerprint density at radius 3 is 2.38 bits per heavy atom. The van der Waals surface area contributed by atoms with Crippen molar-refractivity contribution in [3.05, 3.63) is 62.7 Å². The third kappa shape index (κ3) is 4.51. The number of nitro benzene ring substituents is 1. The van der Waals surface area contributed by atoms with Gasteiger partial charge in [-0.1, -0.05) is 11.6 Å². The van der Waals surface area contributed by atoms with E-state index in [0.29, 0.717) is 21.9 Å². The van der Waals surface area contributed by atoms with E-state index in [0.717, 1.165) is 10.4 Å². The van der Waals surface area contributed by atoms with Crippen molar-refractivity contribution in [2.75, 3.05) is 20.2 Å². The summed E-state index contributed by atoms with van der Waals surface area (Å²) in [5.41, 5.74) is 0.780. The molecule has 0 aliphatic carbocycles. The van der Waals surface area contributed by atoms with E-state index in [1.54, 1.807) is 38.1 Å². The van der Waals surface area contributed by atoms with Crippen LogP contribution in [0, 0.1) is 24.0 Å². The van der Waals surface area contributed by atoms with Gasteiger partial charge in [0.25, 0.3) is 5.69 Å². The molecule has 0 fully saturated rings. The van der Waals surface area contributed by atoms with E-state index >= 15 is 0 Å². The van der Waals surface area contributed by atoms with Crippen molar-refractivity contribution in [3.63, 3.8) is 0 Å². The molecule has 0 saturated carbocycles. The van der Waals surface area contributed by atoms with Crippen LogP contribution in [0.15, 0.2) is 41.3 Å². The molecular formula is C17H19ClN2O5S. The number of nitro groups is 1. The fourth-order valence-electron chi connectivity index (χ4n) is 2.29. The summed E-state index contributed by atoms with van der Waals surface area (Å²) in [6.45, 7) is 3.49. The number of hydrogen-bond donors (Lipinski definition) is 0. The highest BCUT2D eigenvalue weighted by molar-refractivity contribution is 7.89. The number of aryl methyl sites for hydroxylation is 1. The molecule has 2 aromatic carbocycles. The molecule has 140 valence electrons. The SMILES string of the molecule is Cc1cc([N+](=O)[O-])cc(S(=O)(=O)N(C)CCOc2ccc(Cl)cc2)c1C. The molecular weight excluding hydrogens is 380 g/mol. The summed E-state index contributed by atoms with van der Waals surface area (Å²) in [7, 11) is -2.47. The highest BCUT2D eigenvalue weighted by atomic mass is 35.5. The van der Waals surface area contributed by atoms with Crippen LogP contribution in [-0.4, -0.2) is 37.8 Å². The van der Waals surface area contributed by atoms with E-state index in [-0.39, 0.29) is 23.7 Å². The number of nitrogens with zero attached hydrogens (tertiary/aromatic N) is 2. The van der Waals surface area contributed by atoms with Crippen LogP contribution in [0.3, 0.4) is 0 Å². The first-order chi connectivity index (χ1) is 12.1. The molecule has 2 aromatic rings. The van der Waals surface area contributed by atoms with Crippen molar-refractivity contribution in [1.82, 2.24) is 4.31 Å². The second-order valence-electron chi connectivity index (χ2n) is 5.77. The lowest BCUT2D eigenvalue weighted by Gasteiger charge is -2.19. The van der Waals surface area contributed by atoms with Gasteiger partial charge in [-0.3, -0.25) is 10.1 Å². The monoisotopic (exact) mass is 398 g/mol. The van der Waals surface area contributed by atoms with Gasteiger partial charge < -0.3 is 4.74 Å². The maximum Gasteiger partial charge on any atom is 0.271 e. The molecule has 0 radical (unpaired) electrons. The molecule has 0 saturated heterocycles. The van der Waals surface area contributed by atoms with Crippen LogP contribution in [0.1, 0.15) is 11.1 Å². The Kier molecular flexibility index (Phi) is 6.22. The lowest BCUT2D eigenvalue weighted by atomic mass is 10.1. The molecule has 0 spiro atoms. The predicted octanol–water partition coefficient (Wildman–Crippen LogP) is 3.56. The van der Waals surface area contributed by atoms with Gasteiger partial charge in [-0.2, -0.15) is 4.31 Å². The molecule has 9 heteroatoms. The number of non-ortho nitro benzene ring substituents is 1. The summed E-state index contributed by atoms with van der Waals surface area (Å²) in [6, 6.07) is 9.17. The average Bonchev–Trinajstić information content (AvgIpc) is 2.58. The van der Waals surface area contributed by atoms with E-state index in [4.69, 9.17) is 16.3 Å². The number of benzene rings is 2. The minimum Gasteiger partial charge on any atom is -0.492 e. The highest BCUT2D eigenvalue weighted by Gasteiger charge is 2.26. The van der Waals surface area contributed by atoms with Gasteiger partial charge in [-0.15, -0.1) is 0 Å². The van der Waals surface area contributed by atoms with E-state index in [1.165, 1.54) is 13.1 Å². The number of hydrogen-bond acceptors (Lipinski definition) is 5. The smallest absolute Gasteiger partial charge is 0.271 e. The normalized spacial score (nSPS) is 11.6. The molecule has 0 N–H and O–H groups in total. The Labute approximate surface area is 157 Å². The second-order valence-corrected chi connectivity index (χ2v) is 8.22. The third-order valence-corrected chi connectivity index (χ3v) is 6.23.